The van der Waals surface area contributed by atoms with Crippen LogP contribution in [-0.2, 0) is 12.7 Å². The summed E-state index contributed by atoms with van der Waals surface area (Å²) in [6.45, 7) is -0.361. The molecule has 0 aliphatic heterocycles. The molecule has 0 aliphatic rings. The van der Waals surface area contributed by atoms with Gasteiger partial charge in [0.15, 0.2) is 0 Å². The minimum absolute atomic E-state index is 0.111. The number of nitrogens with zero attached hydrogens (tertiary/aromatic N) is 3. The Morgan fingerprint density at radius 3 is 2.48 bits per heavy atom. The molecule has 0 saturated carbocycles. The fourth-order valence-corrected chi connectivity index (χ4v) is 2.27. The molecule has 1 heterocycles. The van der Waals surface area contributed by atoms with Gasteiger partial charge in [0.05, 0.1) is 10.5 Å². The first-order valence-corrected chi connectivity index (χ1v) is 6.72. The highest BCUT2D eigenvalue weighted by Crippen LogP contribution is 2.34. The average Bonchev–Trinajstić information content (AvgIpc) is 2.43. The molecule has 1 aromatic carbocycles. The molecule has 0 amide bonds. The van der Waals surface area contributed by atoms with E-state index in [1.165, 1.54) is 18.2 Å². The van der Waals surface area contributed by atoms with Gasteiger partial charge in [-0.3, -0.25) is 10.1 Å². The van der Waals surface area contributed by atoms with Crippen LogP contribution in [-0.4, -0.2) is 14.9 Å². The van der Waals surface area contributed by atoms with Crippen molar-refractivity contribution in [2.75, 3.05) is 5.32 Å². The Balaban J connectivity index is 2.35. The van der Waals surface area contributed by atoms with E-state index in [0.717, 1.165) is 6.07 Å². The summed E-state index contributed by atoms with van der Waals surface area (Å²) in [5.41, 5.74) is -1.64. The summed E-state index contributed by atoms with van der Waals surface area (Å²) in [7, 11) is 0. The van der Waals surface area contributed by atoms with Gasteiger partial charge in [-0.25, -0.2) is 0 Å². The molecule has 0 spiro atoms. The van der Waals surface area contributed by atoms with Gasteiger partial charge in [-0.05, 0) is 23.2 Å². The lowest BCUT2D eigenvalue weighted by molar-refractivity contribution is -0.384. The van der Waals surface area contributed by atoms with Crippen LogP contribution in [0.25, 0.3) is 0 Å². The van der Waals surface area contributed by atoms with E-state index in [-0.39, 0.29) is 23.2 Å². The maximum atomic E-state index is 12.9. The van der Waals surface area contributed by atoms with E-state index in [0.29, 0.717) is 0 Å². The molecule has 0 bridgehead atoms. The number of alkyl halides is 3. The van der Waals surface area contributed by atoms with Gasteiger partial charge < -0.3 is 5.32 Å². The lowest BCUT2D eigenvalue weighted by Gasteiger charge is -2.13. The molecule has 1 N–H and O–H groups in total. The number of benzene rings is 1. The zero-order valence-corrected chi connectivity index (χ0v) is 12.6. The molecule has 1 aromatic heterocycles. The third kappa shape index (κ3) is 3.99. The van der Waals surface area contributed by atoms with Gasteiger partial charge in [-0.2, -0.15) is 23.1 Å². The number of hydrogen-bond donors (Lipinski definition) is 1. The van der Waals surface area contributed by atoms with E-state index in [1.54, 1.807) is 0 Å². The standard InChI is InChI=1S/C12H7Cl2F3N4O2/c13-9-8(21(22)23)10(20-11(14)19-9)18-5-6-3-1-2-4-7(6)12(15,16)17/h1-4H,5H2,(H,18,19,20). The second-order valence-electron chi connectivity index (χ2n) is 4.25. The van der Waals surface area contributed by atoms with E-state index in [9.17, 15) is 23.3 Å². The zero-order valence-electron chi connectivity index (χ0n) is 11.1. The molecule has 11 heteroatoms. The number of aromatic nitrogens is 2. The molecule has 0 radical (unpaired) electrons. The topological polar surface area (TPSA) is 81.0 Å². The smallest absolute Gasteiger partial charge is 0.360 e. The number of nitrogens with one attached hydrogen (secondary N) is 1. The Labute approximate surface area is 137 Å². The van der Waals surface area contributed by atoms with Crippen LogP contribution in [0.1, 0.15) is 11.1 Å². The highest BCUT2D eigenvalue weighted by atomic mass is 35.5. The van der Waals surface area contributed by atoms with Crippen LogP contribution >= 0.6 is 23.2 Å². The molecule has 2 rings (SSSR count). The quantitative estimate of drug-likeness (QED) is 0.377. The molecule has 6 nitrogen and oxygen atoms in total. The number of anilines is 1. The van der Waals surface area contributed by atoms with Crippen LogP contribution in [0.4, 0.5) is 24.7 Å². The van der Waals surface area contributed by atoms with Crippen molar-refractivity contribution in [2.24, 2.45) is 0 Å². The molecule has 122 valence electrons. The lowest BCUT2D eigenvalue weighted by Crippen LogP contribution is -2.13. The Hall–Kier alpha value is -2.13. The monoisotopic (exact) mass is 366 g/mol. The van der Waals surface area contributed by atoms with E-state index < -0.39 is 27.5 Å². The Bertz CT molecular complexity index is 756. The average molecular weight is 367 g/mol. The molecule has 0 atom stereocenters. The van der Waals surface area contributed by atoms with Gasteiger partial charge >= 0.3 is 11.9 Å². The van der Waals surface area contributed by atoms with Crippen LogP contribution in [0.15, 0.2) is 24.3 Å². The van der Waals surface area contributed by atoms with Gasteiger partial charge in [-0.15, -0.1) is 0 Å². The molecule has 23 heavy (non-hydrogen) atoms. The van der Waals surface area contributed by atoms with Crippen LogP contribution in [0.5, 0.6) is 0 Å². The fourth-order valence-electron chi connectivity index (χ4n) is 1.82. The second kappa shape index (κ2) is 6.55. The van der Waals surface area contributed by atoms with E-state index in [1.807, 2.05) is 0 Å². The van der Waals surface area contributed by atoms with E-state index in [4.69, 9.17) is 23.2 Å². The molecular formula is C12H7Cl2F3N4O2. The molecule has 0 unspecified atom stereocenters. The molecule has 0 saturated heterocycles. The fraction of sp³-hybridized carbons (Fsp3) is 0.167. The van der Waals surface area contributed by atoms with Crippen molar-refractivity contribution in [1.29, 1.82) is 0 Å². The number of hydrogen-bond acceptors (Lipinski definition) is 5. The summed E-state index contributed by atoms with van der Waals surface area (Å²) < 4.78 is 38.7. The van der Waals surface area contributed by atoms with Crippen molar-refractivity contribution >= 4 is 34.7 Å². The first kappa shape index (κ1) is 17.2. The Morgan fingerprint density at radius 1 is 1.22 bits per heavy atom. The lowest BCUT2D eigenvalue weighted by atomic mass is 10.1. The minimum Gasteiger partial charge on any atom is -0.360 e. The van der Waals surface area contributed by atoms with Crippen LogP contribution in [0.3, 0.4) is 0 Å². The van der Waals surface area contributed by atoms with Gasteiger partial charge in [0, 0.05) is 6.54 Å². The number of halogens is 5. The normalized spacial score (nSPS) is 11.3. The summed E-state index contributed by atoms with van der Waals surface area (Å²) in [6.07, 6.45) is -4.55. The SMILES string of the molecule is O=[N+]([O-])c1c(Cl)nc(Cl)nc1NCc1ccccc1C(F)(F)F. The maximum Gasteiger partial charge on any atom is 0.416 e. The van der Waals surface area contributed by atoms with Crippen molar-refractivity contribution in [2.45, 2.75) is 12.7 Å². The van der Waals surface area contributed by atoms with Crippen LogP contribution in [0.2, 0.25) is 10.4 Å². The number of nitro groups is 1. The first-order valence-electron chi connectivity index (χ1n) is 5.96. The minimum atomic E-state index is -4.55. The largest absolute Gasteiger partial charge is 0.416 e. The van der Waals surface area contributed by atoms with Gasteiger partial charge in [0.2, 0.25) is 16.3 Å². The highest BCUT2D eigenvalue weighted by molar-refractivity contribution is 6.33. The molecule has 0 fully saturated rings. The predicted octanol–water partition coefficient (Wildman–Crippen LogP) is 4.32. The number of rotatable bonds is 4. The van der Waals surface area contributed by atoms with Crippen LogP contribution in [0, 0.1) is 10.1 Å². The third-order valence-electron chi connectivity index (χ3n) is 2.77. The van der Waals surface area contributed by atoms with Gasteiger partial charge in [-0.1, -0.05) is 29.8 Å². The predicted molar refractivity (Wildman–Crippen MR) is 77.5 cm³/mol. The summed E-state index contributed by atoms with van der Waals surface area (Å²) in [5.74, 6) is -0.364. The Morgan fingerprint density at radius 2 is 1.87 bits per heavy atom. The molecular weight excluding hydrogens is 360 g/mol. The van der Waals surface area contributed by atoms with Crippen molar-refractivity contribution < 1.29 is 18.1 Å². The van der Waals surface area contributed by atoms with Crippen molar-refractivity contribution in [3.63, 3.8) is 0 Å². The van der Waals surface area contributed by atoms with Gasteiger partial charge in [0.1, 0.15) is 0 Å². The first-order chi connectivity index (χ1) is 10.7. The van der Waals surface area contributed by atoms with Crippen molar-refractivity contribution in [1.82, 2.24) is 9.97 Å². The molecule has 2 aromatic rings. The molecule has 0 aliphatic carbocycles. The van der Waals surface area contributed by atoms with Gasteiger partial charge in [0.25, 0.3) is 0 Å². The van der Waals surface area contributed by atoms with Crippen LogP contribution < -0.4 is 5.32 Å². The third-order valence-corrected chi connectivity index (χ3v) is 3.20. The maximum absolute atomic E-state index is 12.9. The highest BCUT2D eigenvalue weighted by Gasteiger charge is 2.33. The van der Waals surface area contributed by atoms with E-state index in [2.05, 4.69) is 15.3 Å². The summed E-state index contributed by atoms with van der Waals surface area (Å²) in [6, 6.07) is 4.81. The summed E-state index contributed by atoms with van der Waals surface area (Å²) >= 11 is 11.2. The Kier molecular flexibility index (Phi) is 4.90. The zero-order chi connectivity index (χ0) is 17.2. The van der Waals surface area contributed by atoms with Crippen molar-refractivity contribution in [3.05, 3.63) is 55.9 Å². The summed E-state index contributed by atoms with van der Waals surface area (Å²) in [4.78, 5) is 17.1. The van der Waals surface area contributed by atoms with Crippen molar-refractivity contribution in [3.8, 4) is 0 Å². The second-order valence-corrected chi connectivity index (χ2v) is 4.94. The van der Waals surface area contributed by atoms with E-state index >= 15 is 0 Å². The summed E-state index contributed by atoms with van der Waals surface area (Å²) in [5, 5.41) is 12.5.